The Labute approximate surface area is 214 Å². The average molecular weight is 625 g/mol. The summed E-state index contributed by atoms with van der Waals surface area (Å²) >= 11 is 1.77. The average Bonchev–Trinajstić information content (AvgIpc) is 3.28. The van der Waals surface area contributed by atoms with Gasteiger partial charge < -0.3 is 9.97 Å². The van der Waals surface area contributed by atoms with Gasteiger partial charge in [-0.25, -0.2) is 0 Å². The molecule has 4 aromatic heterocycles. The third-order valence-electron chi connectivity index (χ3n) is 4.86. The second kappa shape index (κ2) is 10.6. The summed E-state index contributed by atoms with van der Waals surface area (Å²) in [4.78, 5) is 12.9. The van der Waals surface area contributed by atoms with Gasteiger partial charge in [-0.1, -0.05) is 36.4 Å². The number of hydrogen-bond donors (Lipinski definition) is 0. The molecule has 0 saturated carbocycles. The second-order valence-electron chi connectivity index (χ2n) is 7.00. The minimum Gasteiger partial charge on any atom is -0.317 e. The first-order valence-electron chi connectivity index (χ1n) is 11.5. The van der Waals surface area contributed by atoms with Crippen LogP contribution in [0.1, 0.15) is 9.68 Å². The first-order valence-corrected chi connectivity index (χ1v) is 10.8. The van der Waals surface area contributed by atoms with E-state index in [1.54, 1.807) is 35.7 Å². The summed E-state index contributed by atoms with van der Waals surface area (Å²) in [6, 6.07) is 31.2. The van der Waals surface area contributed by atoms with E-state index in [1.165, 1.54) is 26.4 Å². The molecule has 0 amide bonds. The number of pyridine rings is 3. The summed E-state index contributed by atoms with van der Waals surface area (Å²) in [5, 5.41) is 2.52. The van der Waals surface area contributed by atoms with Gasteiger partial charge in [-0.15, -0.1) is 53.3 Å². The number of aromatic nitrogens is 3. The molecule has 0 spiro atoms. The maximum Gasteiger partial charge on any atom is 0.0515 e. The van der Waals surface area contributed by atoms with Crippen molar-refractivity contribution in [1.82, 2.24) is 15.0 Å². The van der Waals surface area contributed by atoms with Crippen molar-refractivity contribution >= 4 is 31.5 Å². The summed E-state index contributed by atoms with van der Waals surface area (Å²) in [5.74, 6) is 0. The van der Waals surface area contributed by atoms with E-state index in [0.29, 0.717) is 0 Å². The largest absolute Gasteiger partial charge is 0.317 e. The van der Waals surface area contributed by atoms with E-state index in [9.17, 15) is 0 Å². The topological polar surface area (TPSA) is 38.7 Å². The maximum atomic E-state index is 7.23. The minimum atomic E-state index is -2.09. The molecule has 33 heavy (non-hydrogen) atoms. The molecule has 0 saturated heterocycles. The molecule has 0 bridgehead atoms. The van der Waals surface area contributed by atoms with Crippen molar-refractivity contribution < 1.29 is 24.2 Å². The van der Waals surface area contributed by atoms with Crippen LogP contribution in [0.2, 0.25) is 0 Å². The fourth-order valence-electron chi connectivity index (χ4n) is 3.33. The van der Waals surface area contributed by atoms with Gasteiger partial charge in [-0.05, 0) is 52.5 Å². The van der Waals surface area contributed by atoms with Crippen molar-refractivity contribution in [3.63, 3.8) is 0 Å². The molecule has 0 aliphatic rings. The van der Waals surface area contributed by atoms with E-state index >= 15 is 0 Å². The van der Waals surface area contributed by atoms with Crippen molar-refractivity contribution in [2.75, 3.05) is 0 Å². The molecule has 0 N–H and O–H groups in total. The number of fused-ring (bicyclic) bond motifs is 3. The number of hydrogen-bond acceptors (Lipinski definition) is 4. The van der Waals surface area contributed by atoms with Crippen LogP contribution in [0, 0.1) is 19.0 Å². The molecule has 0 aliphatic heterocycles. The fraction of sp³-hybridized carbons (Fsp3) is 0.0357. The Morgan fingerprint density at radius 3 is 2.36 bits per heavy atom. The van der Waals surface area contributed by atoms with Crippen molar-refractivity contribution in [3.8, 4) is 22.6 Å². The Bertz CT molecular complexity index is 1570. The molecular formula is C28H19IrN3S-2. The van der Waals surface area contributed by atoms with E-state index in [-0.39, 0.29) is 25.7 Å². The van der Waals surface area contributed by atoms with Crippen LogP contribution in [0.5, 0.6) is 0 Å². The van der Waals surface area contributed by atoms with Crippen molar-refractivity contribution in [1.29, 1.82) is 0 Å². The molecule has 0 fully saturated rings. The van der Waals surface area contributed by atoms with Crippen LogP contribution in [0.3, 0.4) is 0 Å². The summed E-state index contributed by atoms with van der Waals surface area (Å²) in [5.41, 5.74) is 3.51. The Morgan fingerprint density at radius 1 is 0.758 bits per heavy atom. The van der Waals surface area contributed by atoms with Gasteiger partial charge in [0.25, 0.3) is 0 Å². The molecule has 0 atom stereocenters. The van der Waals surface area contributed by atoms with Crippen LogP contribution in [0.4, 0.5) is 0 Å². The fourth-order valence-corrected chi connectivity index (χ4v) is 4.39. The number of nitrogens with zero attached hydrogens (tertiary/aromatic N) is 3. The van der Waals surface area contributed by atoms with E-state index in [4.69, 9.17) is 4.11 Å². The monoisotopic (exact) mass is 625 g/mol. The van der Waals surface area contributed by atoms with Crippen molar-refractivity contribution in [2.24, 2.45) is 0 Å². The normalized spacial score (nSPS) is 12.1. The smallest absolute Gasteiger partial charge is 0.0515 e. The molecule has 2 aromatic carbocycles. The van der Waals surface area contributed by atoms with Crippen LogP contribution in [0.25, 0.3) is 42.8 Å². The summed E-state index contributed by atoms with van der Waals surface area (Å²) in [6.07, 6.45) is 5.09. The molecule has 6 aromatic rings. The quantitative estimate of drug-likeness (QED) is 0.192. The molecule has 163 valence electrons. The molecule has 0 unspecified atom stereocenters. The SMILES string of the molecule is [2H]C([2H])([2H])c1ccc(-c2[c-]cccc2)nc1.[Ir].[c-]1cccnc1-c1cc2c(cn1)sc1ccccc12. The third-order valence-corrected chi connectivity index (χ3v) is 5.98. The number of rotatable bonds is 2. The molecule has 3 nitrogen and oxygen atoms in total. The molecule has 5 heteroatoms. The van der Waals surface area contributed by atoms with Crippen LogP contribution in [0.15, 0.2) is 97.5 Å². The third kappa shape index (κ3) is 5.23. The Kier molecular flexibility index (Phi) is 6.17. The second-order valence-corrected chi connectivity index (χ2v) is 8.09. The van der Waals surface area contributed by atoms with E-state index in [2.05, 4.69) is 57.4 Å². The van der Waals surface area contributed by atoms with E-state index in [0.717, 1.165) is 22.6 Å². The van der Waals surface area contributed by atoms with Gasteiger partial charge in [0.05, 0.1) is 4.70 Å². The van der Waals surface area contributed by atoms with Gasteiger partial charge in [-0.3, -0.25) is 4.98 Å². The van der Waals surface area contributed by atoms with Gasteiger partial charge in [0.1, 0.15) is 0 Å². The van der Waals surface area contributed by atoms with Gasteiger partial charge in [0.2, 0.25) is 0 Å². The summed E-state index contributed by atoms with van der Waals surface area (Å²) < 4.78 is 24.2. The number of thiophene rings is 1. The van der Waals surface area contributed by atoms with Gasteiger partial charge >= 0.3 is 0 Å². The zero-order valence-electron chi connectivity index (χ0n) is 20.3. The van der Waals surface area contributed by atoms with Gasteiger partial charge in [0, 0.05) is 41.3 Å². The zero-order valence-corrected chi connectivity index (χ0v) is 20.5. The predicted molar refractivity (Wildman–Crippen MR) is 132 cm³/mol. The molecule has 6 rings (SSSR count). The molecule has 1 radical (unpaired) electrons. The summed E-state index contributed by atoms with van der Waals surface area (Å²) in [7, 11) is 0. The Hall–Kier alpha value is -3.24. The number of aryl methyl sites for hydroxylation is 1. The zero-order chi connectivity index (χ0) is 24.3. The van der Waals surface area contributed by atoms with Gasteiger partial charge in [-0.2, -0.15) is 12.1 Å². The predicted octanol–water partition coefficient (Wildman–Crippen LogP) is 7.17. The van der Waals surface area contributed by atoms with E-state index in [1.807, 2.05) is 36.5 Å². The summed E-state index contributed by atoms with van der Waals surface area (Å²) in [6.45, 7) is -2.09. The van der Waals surface area contributed by atoms with Crippen LogP contribution >= 0.6 is 11.3 Å². The molecule has 4 heterocycles. The first kappa shape index (κ1) is 19.2. The van der Waals surface area contributed by atoms with Crippen molar-refractivity contribution in [2.45, 2.75) is 6.85 Å². The van der Waals surface area contributed by atoms with Crippen LogP contribution in [-0.2, 0) is 20.1 Å². The first-order chi connectivity index (χ1) is 17.0. The Morgan fingerprint density at radius 2 is 1.61 bits per heavy atom. The minimum absolute atomic E-state index is 0. The molecular weight excluding hydrogens is 603 g/mol. The Balaban J connectivity index is 0.000000167. The standard InChI is InChI=1S/C16H9N2S.C12H10N.Ir/c1-2-7-15-11(5-1)12-9-14(18-10-16(12)19-15)13-6-3-4-8-17-13;1-10-7-8-12(13-9-10)11-5-3-2-4-6-11;/h1-5,7-10H;2-5,7-9H,1H3;/q2*-1;/i;1D3;. The maximum absolute atomic E-state index is 7.23. The molecule has 0 aliphatic carbocycles. The van der Waals surface area contributed by atoms with E-state index < -0.39 is 6.85 Å². The van der Waals surface area contributed by atoms with Crippen molar-refractivity contribution in [3.05, 3.63) is 115 Å². The van der Waals surface area contributed by atoms with Gasteiger partial charge in [0.15, 0.2) is 0 Å². The van der Waals surface area contributed by atoms with Crippen LogP contribution < -0.4 is 0 Å². The van der Waals surface area contributed by atoms with Crippen LogP contribution in [-0.4, -0.2) is 15.0 Å². The number of benzene rings is 2.